The molecule has 0 aliphatic heterocycles. The topological polar surface area (TPSA) is 118 Å². The first kappa shape index (κ1) is 19.8. The van der Waals surface area contributed by atoms with Crippen LogP contribution in [0.3, 0.4) is 0 Å². The lowest BCUT2D eigenvalue weighted by molar-refractivity contribution is -0.135. The zero-order valence-corrected chi connectivity index (χ0v) is 15.4. The van der Waals surface area contributed by atoms with Crippen LogP contribution in [-0.2, 0) is 19.6 Å². The highest BCUT2D eigenvalue weighted by atomic mass is 32.2. The molecule has 2 aromatic carbocycles. The van der Waals surface area contributed by atoms with Crippen LogP contribution < -0.4 is 14.8 Å². The number of rotatable bonds is 7. The fourth-order valence-corrected chi connectivity index (χ4v) is 3.06. The van der Waals surface area contributed by atoms with Crippen molar-refractivity contribution in [3.8, 4) is 11.8 Å². The molecule has 0 atom stereocenters. The van der Waals surface area contributed by atoms with Gasteiger partial charge >= 0.3 is 5.97 Å². The van der Waals surface area contributed by atoms with Gasteiger partial charge < -0.3 is 14.8 Å². The minimum Gasteiger partial charge on any atom is -0.497 e. The standard InChI is InChI=1S/C18H17N3O5S/c1-25-16-7-3-15(4-8-16)21-27(23,24)17-9-5-14(6-10-17)20-12-13(11-19)18(22)26-2/h3-10,12,20-21H,1-2H3/b13-12-. The Morgan fingerprint density at radius 1 is 1.04 bits per heavy atom. The van der Waals surface area contributed by atoms with Gasteiger partial charge in [-0.25, -0.2) is 13.2 Å². The van der Waals surface area contributed by atoms with Crippen LogP contribution in [0.1, 0.15) is 0 Å². The predicted molar refractivity (Wildman–Crippen MR) is 99.6 cm³/mol. The van der Waals surface area contributed by atoms with Gasteiger partial charge in [0.2, 0.25) is 0 Å². The van der Waals surface area contributed by atoms with E-state index in [1.54, 1.807) is 30.3 Å². The van der Waals surface area contributed by atoms with Crippen molar-refractivity contribution in [1.29, 1.82) is 5.26 Å². The average Bonchev–Trinajstić information content (AvgIpc) is 2.69. The third-order valence-electron chi connectivity index (χ3n) is 3.42. The van der Waals surface area contributed by atoms with Crippen LogP contribution in [0.5, 0.6) is 5.75 Å². The predicted octanol–water partition coefficient (Wildman–Crippen LogP) is 2.49. The number of methoxy groups -OCH3 is 2. The maximum atomic E-state index is 12.4. The van der Waals surface area contributed by atoms with E-state index in [-0.39, 0.29) is 10.5 Å². The van der Waals surface area contributed by atoms with E-state index in [1.165, 1.54) is 44.7 Å². The molecule has 27 heavy (non-hydrogen) atoms. The monoisotopic (exact) mass is 387 g/mol. The van der Waals surface area contributed by atoms with E-state index >= 15 is 0 Å². The van der Waals surface area contributed by atoms with Gasteiger partial charge in [0, 0.05) is 17.6 Å². The first-order valence-electron chi connectivity index (χ1n) is 7.61. The quantitative estimate of drug-likeness (QED) is 0.426. The van der Waals surface area contributed by atoms with Crippen molar-refractivity contribution in [3.63, 3.8) is 0 Å². The number of ether oxygens (including phenoxy) is 2. The summed E-state index contributed by atoms with van der Waals surface area (Å²) in [5, 5.41) is 11.6. The number of hydrogen-bond donors (Lipinski definition) is 2. The maximum absolute atomic E-state index is 12.4. The summed E-state index contributed by atoms with van der Waals surface area (Å²) in [6.07, 6.45) is 1.19. The van der Waals surface area contributed by atoms with Crippen molar-refractivity contribution in [2.45, 2.75) is 4.90 Å². The molecule has 0 unspecified atom stereocenters. The molecule has 0 aromatic heterocycles. The van der Waals surface area contributed by atoms with E-state index in [0.717, 1.165) is 0 Å². The van der Waals surface area contributed by atoms with Crippen molar-refractivity contribution in [1.82, 2.24) is 0 Å². The second-order valence-electron chi connectivity index (χ2n) is 5.16. The first-order chi connectivity index (χ1) is 12.9. The molecule has 2 aromatic rings. The molecule has 0 bridgehead atoms. The Balaban J connectivity index is 2.12. The van der Waals surface area contributed by atoms with Gasteiger partial charge in [-0.15, -0.1) is 0 Å². The number of benzene rings is 2. The van der Waals surface area contributed by atoms with Gasteiger partial charge in [-0.2, -0.15) is 5.26 Å². The van der Waals surface area contributed by atoms with Crippen molar-refractivity contribution in [2.75, 3.05) is 24.3 Å². The number of nitrogens with zero attached hydrogens (tertiary/aromatic N) is 1. The Labute approximate surface area is 157 Å². The number of anilines is 2. The lowest BCUT2D eigenvalue weighted by Crippen LogP contribution is -2.12. The van der Waals surface area contributed by atoms with E-state index in [0.29, 0.717) is 17.1 Å². The number of nitriles is 1. The molecule has 2 rings (SSSR count). The Hall–Kier alpha value is -3.51. The molecule has 0 fully saturated rings. The fraction of sp³-hybridized carbons (Fsp3) is 0.111. The first-order valence-corrected chi connectivity index (χ1v) is 9.10. The molecule has 140 valence electrons. The van der Waals surface area contributed by atoms with E-state index in [2.05, 4.69) is 14.8 Å². The minimum atomic E-state index is -3.76. The smallest absolute Gasteiger partial charge is 0.350 e. The molecular formula is C18H17N3O5S. The molecule has 0 saturated heterocycles. The number of esters is 1. The van der Waals surface area contributed by atoms with Crippen molar-refractivity contribution in [3.05, 3.63) is 60.3 Å². The third-order valence-corrected chi connectivity index (χ3v) is 4.81. The van der Waals surface area contributed by atoms with Gasteiger partial charge in [0.1, 0.15) is 11.8 Å². The summed E-state index contributed by atoms with van der Waals surface area (Å²) in [7, 11) is -1.07. The van der Waals surface area contributed by atoms with E-state index < -0.39 is 16.0 Å². The number of hydrogen-bond acceptors (Lipinski definition) is 7. The third kappa shape index (κ3) is 5.23. The van der Waals surface area contributed by atoms with Crippen LogP contribution >= 0.6 is 0 Å². The molecule has 0 saturated carbocycles. The summed E-state index contributed by atoms with van der Waals surface area (Å²) >= 11 is 0. The lowest BCUT2D eigenvalue weighted by atomic mass is 10.3. The molecule has 0 radical (unpaired) electrons. The highest BCUT2D eigenvalue weighted by molar-refractivity contribution is 7.92. The van der Waals surface area contributed by atoms with E-state index in [4.69, 9.17) is 10.00 Å². The zero-order chi connectivity index (χ0) is 19.9. The van der Waals surface area contributed by atoms with E-state index in [1.807, 2.05) is 0 Å². The SMILES string of the molecule is COC(=O)/C(C#N)=C\Nc1ccc(S(=O)(=O)Nc2ccc(OC)cc2)cc1. The Morgan fingerprint density at radius 3 is 2.15 bits per heavy atom. The molecular weight excluding hydrogens is 370 g/mol. The van der Waals surface area contributed by atoms with Crippen LogP contribution in [0.2, 0.25) is 0 Å². The number of nitrogens with one attached hydrogen (secondary N) is 2. The average molecular weight is 387 g/mol. The van der Waals surface area contributed by atoms with E-state index in [9.17, 15) is 13.2 Å². The molecule has 0 amide bonds. The van der Waals surface area contributed by atoms with Crippen LogP contribution in [0.15, 0.2) is 65.2 Å². The fourth-order valence-electron chi connectivity index (χ4n) is 2.01. The summed E-state index contributed by atoms with van der Waals surface area (Å²) < 4.78 is 36.8. The van der Waals surface area contributed by atoms with Gasteiger partial charge in [0.15, 0.2) is 5.57 Å². The maximum Gasteiger partial charge on any atom is 0.350 e. The second kappa shape index (κ2) is 8.73. The van der Waals surface area contributed by atoms with Crippen LogP contribution in [-0.4, -0.2) is 28.6 Å². The van der Waals surface area contributed by atoms with Gasteiger partial charge in [-0.3, -0.25) is 4.72 Å². The summed E-state index contributed by atoms with van der Waals surface area (Å²) in [6.45, 7) is 0. The second-order valence-corrected chi connectivity index (χ2v) is 6.85. The molecule has 0 aliphatic rings. The van der Waals surface area contributed by atoms with Gasteiger partial charge in [-0.1, -0.05) is 0 Å². The summed E-state index contributed by atoms with van der Waals surface area (Å²) in [5.41, 5.74) is 0.683. The Morgan fingerprint density at radius 2 is 1.63 bits per heavy atom. The van der Waals surface area contributed by atoms with Crippen LogP contribution in [0.4, 0.5) is 11.4 Å². The molecule has 0 spiro atoms. The Kier molecular flexibility index (Phi) is 6.41. The molecule has 0 aliphatic carbocycles. The van der Waals surface area contributed by atoms with Crippen LogP contribution in [0.25, 0.3) is 0 Å². The highest BCUT2D eigenvalue weighted by Crippen LogP contribution is 2.20. The zero-order valence-electron chi connectivity index (χ0n) is 14.6. The Bertz CT molecular complexity index is 975. The molecule has 0 heterocycles. The summed E-state index contributed by atoms with van der Waals surface area (Å²) in [5.74, 6) is -0.155. The summed E-state index contributed by atoms with van der Waals surface area (Å²) in [4.78, 5) is 11.4. The number of carbonyl (C=O) groups is 1. The molecule has 9 heteroatoms. The summed E-state index contributed by atoms with van der Waals surface area (Å²) in [6, 6.07) is 14.0. The molecule has 2 N–H and O–H groups in total. The van der Waals surface area contributed by atoms with Crippen molar-refractivity contribution < 1.29 is 22.7 Å². The van der Waals surface area contributed by atoms with Gasteiger partial charge in [-0.05, 0) is 48.5 Å². The van der Waals surface area contributed by atoms with Crippen molar-refractivity contribution in [2.24, 2.45) is 0 Å². The normalized spacial score (nSPS) is 11.2. The largest absolute Gasteiger partial charge is 0.497 e. The number of carbonyl (C=O) groups excluding carboxylic acids is 1. The van der Waals surface area contributed by atoms with Gasteiger partial charge in [0.25, 0.3) is 10.0 Å². The van der Waals surface area contributed by atoms with Crippen LogP contribution in [0, 0.1) is 11.3 Å². The number of sulfonamides is 1. The highest BCUT2D eigenvalue weighted by Gasteiger charge is 2.14. The minimum absolute atomic E-state index is 0.0568. The molecule has 8 nitrogen and oxygen atoms in total. The lowest BCUT2D eigenvalue weighted by Gasteiger charge is -2.09. The van der Waals surface area contributed by atoms with Gasteiger partial charge in [0.05, 0.1) is 19.1 Å². The van der Waals surface area contributed by atoms with Crippen molar-refractivity contribution >= 4 is 27.4 Å².